The number of carbonyl (C=O) groups is 1. The summed E-state index contributed by atoms with van der Waals surface area (Å²) in [5, 5.41) is 11.1. The molecular weight excluding hydrogens is 487 g/mol. The largest absolute Gasteiger partial charge is 0.493 e. The Balaban J connectivity index is 1.40. The Bertz CT molecular complexity index is 1380. The third-order valence-corrected chi connectivity index (χ3v) is 6.11. The molecule has 194 valence electrons. The van der Waals surface area contributed by atoms with Crippen molar-refractivity contribution in [1.82, 2.24) is 4.98 Å². The highest BCUT2D eigenvalue weighted by molar-refractivity contribution is 5.91. The fraction of sp³-hybridized carbons (Fsp3) is 0.286. The molecule has 0 saturated heterocycles. The summed E-state index contributed by atoms with van der Waals surface area (Å²) in [5.74, 6) is 0.553. The van der Waals surface area contributed by atoms with E-state index in [4.69, 9.17) is 13.9 Å². The van der Waals surface area contributed by atoms with Gasteiger partial charge < -0.3 is 19.0 Å². The Morgan fingerprint density at radius 3 is 2.41 bits per heavy atom. The van der Waals surface area contributed by atoms with E-state index in [-0.39, 0.29) is 12.3 Å². The number of halogens is 3. The quantitative estimate of drug-likeness (QED) is 0.245. The molecule has 1 aromatic heterocycles. The van der Waals surface area contributed by atoms with Gasteiger partial charge in [-0.25, -0.2) is 9.78 Å². The van der Waals surface area contributed by atoms with E-state index in [9.17, 15) is 23.1 Å². The number of hydrogen-bond donors (Lipinski definition) is 1. The number of aryl methyl sites for hydroxylation is 2. The van der Waals surface area contributed by atoms with Crippen LogP contribution < -0.4 is 4.74 Å². The van der Waals surface area contributed by atoms with Crippen molar-refractivity contribution in [2.75, 3.05) is 13.7 Å². The smallest absolute Gasteiger partial charge is 0.416 e. The molecular formula is C28H26F3NO5. The summed E-state index contributed by atoms with van der Waals surface area (Å²) in [6, 6.07) is 16.0. The fourth-order valence-corrected chi connectivity index (χ4v) is 4.12. The lowest BCUT2D eigenvalue weighted by molar-refractivity contribution is -0.148. The number of aromatic nitrogens is 1. The standard InChI is InChI=1S/C28H26F3NO5/c1-17-23(32-26(37-17)18-9-12-20(13-10-18)28(29,30)31)8-5-15-36-24-14-11-19(16-25(35-2)27(33)34)21-6-3-4-7-22(21)24/h3-4,6-7,9-14,25H,5,8,15-16H2,1-2H3,(H,33,34)/t25-/m0/s1. The minimum Gasteiger partial charge on any atom is -0.493 e. The van der Waals surface area contributed by atoms with Crippen molar-refractivity contribution in [1.29, 1.82) is 0 Å². The maximum absolute atomic E-state index is 12.8. The van der Waals surface area contributed by atoms with Crippen LogP contribution in [0.1, 0.15) is 29.0 Å². The van der Waals surface area contributed by atoms with Gasteiger partial charge in [0, 0.05) is 24.5 Å². The van der Waals surface area contributed by atoms with E-state index in [0.29, 0.717) is 36.5 Å². The van der Waals surface area contributed by atoms with Crippen molar-refractivity contribution in [3.05, 3.63) is 83.2 Å². The van der Waals surface area contributed by atoms with Crippen LogP contribution >= 0.6 is 0 Å². The van der Waals surface area contributed by atoms with Gasteiger partial charge in [-0.15, -0.1) is 0 Å². The third-order valence-electron chi connectivity index (χ3n) is 6.11. The Hall–Kier alpha value is -3.85. The summed E-state index contributed by atoms with van der Waals surface area (Å²) in [7, 11) is 1.38. The minimum absolute atomic E-state index is 0.235. The van der Waals surface area contributed by atoms with Gasteiger partial charge in [0.05, 0.1) is 17.9 Å². The molecule has 0 unspecified atom stereocenters. The molecule has 4 aromatic rings. The lowest BCUT2D eigenvalue weighted by atomic mass is 9.99. The van der Waals surface area contributed by atoms with Crippen molar-refractivity contribution in [2.45, 2.75) is 38.5 Å². The van der Waals surface area contributed by atoms with E-state index >= 15 is 0 Å². The molecule has 0 saturated carbocycles. The first kappa shape index (κ1) is 26.2. The summed E-state index contributed by atoms with van der Waals surface area (Å²) < 4.78 is 55.2. The number of hydrogen-bond acceptors (Lipinski definition) is 5. The van der Waals surface area contributed by atoms with Crippen LogP contribution in [0.5, 0.6) is 5.75 Å². The van der Waals surface area contributed by atoms with Crippen LogP contribution in [0.4, 0.5) is 13.2 Å². The van der Waals surface area contributed by atoms with E-state index < -0.39 is 23.8 Å². The number of ether oxygens (including phenoxy) is 2. The van der Waals surface area contributed by atoms with Gasteiger partial charge in [-0.3, -0.25) is 0 Å². The Kier molecular flexibility index (Phi) is 7.83. The summed E-state index contributed by atoms with van der Waals surface area (Å²) in [6.45, 7) is 2.18. The molecule has 0 aliphatic heterocycles. The number of benzene rings is 3. The van der Waals surface area contributed by atoms with Crippen LogP contribution in [0.2, 0.25) is 0 Å². The maximum Gasteiger partial charge on any atom is 0.416 e. The van der Waals surface area contributed by atoms with Gasteiger partial charge in [-0.2, -0.15) is 13.2 Å². The number of alkyl halides is 3. The minimum atomic E-state index is -4.40. The number of nitrogens with zero attached hydrogens (tertiary/aromatic N) is 1. The fourth-order valence-electron chi connectivity index (χ4n) is 4.12. The molecule has 4 rings (SSSR count). The second-order valence-electron chi connectivity index (χ2n) is 8.58. The molecule has 1 heterocycles. The zero-order chi connectivity index (χ0) is 26.6. The normalized spacial score (nSPS) is 12.6. The van der Waals surface area contributed by atoms with Gasteiger partial charge >= 0.3 is 12.1 Å². The number of rotatable bonds is 10. The van der Waals surface area contributed by atoms with Crippen LogP contribution in [0.3, 0.4) is 0 Å². The summed E-state index contributed by atoms with van der Waals surface area (Å²) in [4.78, 5) is 15.8. The van der Waals surface area contributed by atoms with Gasteiger partial charge in [0.2, 0.25) is 5.89 Å². The zero-order valence-electron chi connectivity index (χ0n) is 20.3. The van der Waals surface area contributed by atoms with E-state index in [1.165, 1.54) is 19.2 Å². The van der Waals surface area contributed by atoms with E-state index in [1.807, 2.05) is 36.4 Å². The molecule has 0 amide bonds. The highest BCUT2D eigenvalue weighted by atomic mass is 19.4. The number of carboxylic acid groups (broad SMARTS) is 1. The Labute approximate surface area is 211 Å². The molecule has 0 spiro atoms. The highest BCUT2D eigenvalue weighted by Crippen LogP contribution is 2.32. The van der Waals surface area contributed by atoms with E-state index in [2.05, 4.69) is 4.98 Å². The zero-order valence-corrected chi connectivity index (χ0v) is 20.3. The predicted octanol–water partition coefficient (Wildman–Crippen LogP) is 6.48. The SMILES string of the molecule is CO[C@@H](Cc1ccc(OCCCc2nc(-c3ccc(C(F)(F)F)cc3)oc2C)c2ccccc12)C(=O)O. The third kappa shape index (κ3) is 6.11. The molecule has 1 atom stereocenters. The van der Waals surface area contributed by atoms with Gasteiger partial charge in [-0.05, 0) is 61.0 Å². The van der Waals surface area contributed by atoms with Crippen LogP contribution in [-0.4, -0.2) is 35.9 Å². The number of carboxylic acids is 1. The monoisotopic (exact) mass is 513 g/mol. The van der Waals surface area contributed by atoms with Gasteiger partial charge in [0.1, 0.15) is 11.5 Å². The first-order valence-electron chi connectivity index (χ1n) is 11.7. The van der Waals surface area contributed by atoms with E-state index in [0.717, 1.165) is 34.2 Å². The highest BCUT2D eigenvalue weighted by Gasteiger charge is 2.30. The molecule has 1 N–H and O–H groups in total. The molecule has 9 heteroatoms. The molecule has 0 fully saturated rings. The predicted molar refractivity (Wildman–Crippen MR) is 132 cm³/mol. The second-order valence-corrected chi connectivity index (χ2v) is 8.58. The van der Waals surface area contributed by atoms with Crippen molar-refractivity contribution in [3.8, 4) is 17.2 Å². The van der Waals surface area contributed by atoms with Gasteiger partial charge in [0.15, 0.2) is 6.10 Å². The summed E-state index contributed by atoms with van der Waals surface area (Å²) in [6.07, 6.45) is -3.89. The lowest BCUT2D eigenvalue weighted by Gasteiger charge is -2.15. The number of oxazole rings is 1. The Morgan fingerprint density at radius 1 is 1.05 bits per heavy atom. The molecule has 0 bridgehead atoms. The molecule has 0 radical (unpaired) electrons. The van der Waals surface area contributed by atoms with Crippen molar-refractivity contribution < 1.29 is 37.0 Å². The van der Waals surface area contributed by atoms with E-state index in [1.54, 1.807) is 6.92 Å². The lowest BCUT2D eigenvalue weighted by Crippen LogP contribution is -2.24. The number of fused-ring (bicyclic) bond motifs is 1. The second kappa shape index (κ2) is 11.0. The molecule has 6 nitrogen and oxygen atoms in total. The van der Waals surface area contributed by atoms with Crippen molar-refractivity contribution >= 4 is 16.7 Å². The average molecular weight is 514 g/mol. The summed E-state index contributed by atoms with van der Waals surface area (Å²) >= 11 is 0. The topological polar surface area (TPSA) is 81.8 Å². The van der Waals surface area contributed by atoms with Crippen LogP contribution in [-0.2, 0) is 28.5 Å². The van der Waals surface area contributed by atoms with Gasteiger partial charge in [-0.1, -0.05) is 30.3 Å². The van der Waals surface area contributed by atoms with Crippen LogP contribution in [0, 0.1) is 6.92 Å². The van der Waals surface area contributed by atoms with Crippen molar-refractivity contribution in [2.24, 2.45) is 0 Å². The maximum atomic E-state index is 12.8. The molecule has 0 aliphatic rings. The van der Waals surface area contributed by atoms with Crippen molar-refractivity contribution in [3.63, 3.8) is 0 Å². The molecule has 37 heavy (non-hydrogen) atoms. The van der Waals surface area contributed by atoms with Crippen LogP contribution in [0.15, 0.2) is 65.1 Å². The summed E-state index contributed by atoms with van der Waals surface area (Å²) in [5.41, 5.74) is 1.32. The van der Waals surface area contributed by atoms with Gasteiger partial charge in [0.25, 0.3) is 0 Å². The number of aliphatic carboxylic acids is 1. The average Bonchev–Trinajstić information content (AvgIpc) is 3.25. The molecule has 0 aliphatic carbocycles. The Morgan fingerprint density at radius 2 is 1.76 bits per heavy atom. The first-order chi connectivity index (χ1) is 17.7. The number of methoxy groups -OCH3 is 1. The first-order valence-corrected chi connectivity index (χ1v) is 11.7. The van der Waals surface area contributed by atoms with Crippen LogP contribution in [0.25, 0.3) is 22.2 Å². The molecule has 3 aromatic carbocycles.